The highest BCUT2D eigenvalue weighted by molar-refractivity contribution is 6.10. The molecule has 204 valence electrons. The van der Waals surface area contributed by atoms with Gasteiger partial charge in [0.2, 0.25) is 0 Å². The van der Waals surface area contributed by atoms with Gasteiger partial charge < -0.3 is 25.0 Å². The van der Waals surface area contributed by atoms with Crippen LogP contribution in [0.3, 0.4) is 0 Å². The molecule has 0 aliphatic heterocycles. The van der Waals surface area contributed by atoms with Crippen LogP contribution in [0.5, 0.6) is 11.5 Å². The third-order valence-electron chi connectivity index (χ3n) is 5.65. The molecule has 0 bridgehead atoms. The van der Waals surface area contributed by atoms with E-state index in [1.54, 1.807) is 78.9 Å². The van der Waals surface area contributed by atoms with Crippen LogP contribution in [-0.2, 0) is 11.4 Å². The molecule has 4 rings (SSSR count). The number of rotatable bonds is 13. The Bertz CT molecular complexity index is 1470. The van der Waals surface area contributed by atoms with Crippen molar-refractivity contribution in [3.8, 4) is 11.5 Å². The minimum absolute atomic E-state index is 0.0710. The Morgan fingerprint density at radius 2 is 1.10 bits per heavy atom. The van der Waals surface area contributed by atoms with Crippen LogP contribution < -0.4 is 20.3 Å². The van der Waals surface area contributed by atoms with Crippen LogP contribution >= 0.6 is 0 Å². The number of carbonyl (C=O) groups excluding carboxylic acids is 1. The Labute approximate surface area is 229 Å². The van der Waals surface area contributed by atoms with E-state index in [2.05, 4.69) is 10.8 Å². The van der Waals surface area contributed by atoms with E-state index in [1.165, 1.54) is 18.2 Å². The third kappa shape index (κ3) is 7.59. The topological polar surface area (TPSA) is 143 Å². The number of hydrogen-bond acceptors (Lipinski definition) is 7. The zero-order valence-corrected chi connectivity index (χ0v) is 21.2. The maximum atomic E-state index is 12.5. The SMILES string of the molecule is O=C(O)c1ccccc1CONc1ccc(OCCOc2ccc(NC(=O)c3ccccc3C(=O)O)cc2)cc1. The number of aromatic carboxylic acids is 2. The predicted octanol–water partition coefficient (Wildman–Crippen LogP) is 5.34. The molecular formula is C30H26N2O8. The van der Waals surface area contributed by atoms with Crippen molar-refractivity contribution in [3.63, 3.8) is 0 Å². The molecule has 10 nitrogen and oxygen atoms in total. The van der Waals surface area contributed by atoms with Crippen LogP contribution in [0.15, 0.2) is 97.1 Å². The maximum absolute atomic E-state index is 12.5. The van der Waals surface area contributed by atoms with E-state index in [9.17, 15) is 24.6 Å². The van der Waals surface area contributed by atoms with Crippen LogP contribution in [0.4, 0.5) is 11.4 Å². The molecule has 0 spiro atoms. The van der Waals surface area contributed by atoms with Crippen LogP contribution in [0.25, 0.3) is 0 Å². The molecule has 1 amide bonds. The van der Waals surface area contributed by atoms with Crippen molar-refractivity contribution in [2.75, 3.05) is 24.0 Å². The summed E-state index contributed by atoms with van der Waals surface area (Å²) in [5.41, 5.74) is 4.71. The molecule has 10 heteroatoms. The molecule has 0 aliphatic rings. The molecule has 4 N–H and O–H groups in total. The molecule has 0 saturated carbocycles. The number of carbonyl (C=O) groups is 3. The Kier molecular flexibility index (Phi) is 9.30. The highest BCUT2D eigenvalue weighted by Gasteiger charge is 2.16. The monoisotopic (exact) mass is 542 g/mol. The van der Waals surface area contributed by atoms with Crippen LogP contribution in [0, 0.1) is 0 Å². The lowest BCUT2D eigenvalue weighted by Gasteiger charge is -2.11. The van der Waals surface area contributed by atoms with Crippen molar-refractivity contribution in [1.82, 2.24) is 0 Å². The van der Waals surface area contributed by atoms with Gasteiger partial charge in [0, 0.05) is 5.69 Å². The highest BCUT2D eigenvalue weighted by atomic mass is 16.6. The molecule has 0 radical (unpaired) electrons. The third-order valence-corrected chi connectivity index (χ3v) is 5.65. The van der Waals surface area contributed by atoms with Crippen LogP contribution in [0.2, 0.25) is 0 Å². The zero-order valence-electron chi connectivity index (χ0n) is 21.2. The summed E-state index contributed by atoms with van der Waals surface area (Å²) in [4.78, 5) is 40.5. The van der Waals surface area contributed by atoms with Crippen LogP contribution in [-0.4, -0.2) is 41.3 Å². The van der Waals surface area contributed by atoms with Gasteiger partial charge in [0.15, 0.2) is 0 Å². The fourth-order valence-electron chi connectivity index (χ4n) is 3.69. The molecular weight excluding hydrogens is 516 g/mol. The molecule has 0 unspecified atom stereocenters. The highest BCUT2D eigenvalue weighted by Crippen LogP contribution is 2.19. The van der Waals surface area contributed by atoms with Gasteiger partial charge in [0.1, 0.15) is 31.3 Å². The van der Waals surface area contributed by atoms with Gasteiger partial charge in [-0.1, -0.05) is 30.3 Å². The van der Waals surface area contributed by atoms with Gasteiger partial charge in [0.25, 0.3) is 5.91 Å². The molecule has 4 aromatic rings. The van der Waals surface area contributed by atoms with Crippen molar-refractivity contribution in [2.45, 2.75) is 6.61 Å². The predicted molar refractivity (Wildman–Crippen MR) is 147 cm³/mol. The lowest BCUT2D eigenvalue weighted by Crippen LogP contribution is -2.16. The van der Waals surface area contributed by atoms with E-state index >= 15 is 0 Å². The number of carboxylic acids is 2. The number of benzene rings is 4. The maximum Gasteiger partial charge on any atom is 0.336 e. The van der Waals surface area contributed by atoms with E-state index in [0.29, 0.717) is 35.0 Å². The number of anilines is 2. The largest absolute Gasteiger partial charge is 0.490 e. The second-order valence-corrected chi connectivity index (χ2v) is 8.40. The molecule has 0 aromatic heterocycles. The van der Waals surface area contributed by atoms with E-state index in [4.69, 9.17) is 14.3 Å². The number of nitrogens with one attached hydrogen (secondary N) is 2. The van der Waals surface area contributed by atoms with Gasteiger partial charge in [-0.25, -0.2) is 9.59 Å². The van der Waals surface area contributed by atoms with Gasteiger partial charge in [0.05, 0.1) is 22.4 Å². The van der Waals surface area contributed by atoms with Gasteiger partial charge in [-0.05, 0) is 72.3 Å². The smallest absolute Gasteiger partial charge is 0.336 e. The Hall–Kier alpha value is -5.35. The number of hydrogen-bond donors (Lipinski definition) is 4. The summed E-state index contributed by atoms with van der Waals surface area (Å²) < 4.78 is 11.4. The fourth-order valence-corrected chi connectivity index (χ4v) is 3.69. The van der Waals surface area contributed by atoms with Crippen molar-refractivity contribution >= 4 is 29.2 Å². The molecule has 0 aliphatic carbocycles. The summed E-state index contributed by atoms with van der Waals surface area (Å²) in [7, 11) is 0. The first-order chi connectivity index (χ1) is 19.4. The van der Waals surface area contributed by atoms with Gasteiger partial charge in [-0.3, -0.25) is 15.1 Å². The first kappa shape index (κ1) is 27.7. The fraction of sp³-hybridized carbons (Fsp3) is 0.100. The normalized spacial score (nSPS) is 10.4. The number of ether oxygens (including phenoxy) is 2. The average Bonchev–Trinajstić information content (AvgIpc) is 2.97. The minimum atomic E-state index is -1.17. The molecule has 0 saturated heterocycles. The Morgan fingerprint density at radius 3 is 1.68 bits per heavy atom. The summed E-state index contributed by atoms with van der Waals surface area (Å²) in [5, 5.41) is 21.2. The molecule has 40 heavy (non-hydrogen) atoms. The average molecular weight is 543 g/mol. The van der Waals surface area contributed by atoms with E-state index in [1.807, 2.05) is 0 Å². The van der Waals surface area contributed by atoms with Gasteiger partial charge >= 0.3 is 11.9 Å². The number of amides is 1. The first-order valence-corrected chi connectivity index (χ1v) is 12.2. The second-order valence-electron chi connectivity index (χ2n) is 8.40. The second kappa shape index (κ2) is 13.4. The van der Waals surface area contributed by atoms with Crippen LogP contribution in [0.1, 0.15) is 36.6 Å². The number of carboxylic acid groups (broad SMARTS) is 2. The standard InChI is InChI=1S/C30H26N2O8/c33-28(26-7-3-4-8-27(26)30(36)37)31-21-9-13-23(14-10-21)38-17-18-39-24-15-11-22(12-16-24)32-40-19-20-5-1-2-6-25(20)29(34)35/h1-16,32H,17-19H2,(H,31,33)(H,34,35)(H,36,37). The Balaban J connectivity index is 1.18. The van der Waals surface area contributed by atoms with Crippen molar-refractivity contribution in [3.05, 3.63) is 119 Å². The quantitative estimate of drug-likeness (QED) is 0.130. The van der Waals surface area contributed by atoms with Crippen molar-refractivity contribution in [1.29, 1.82) is 0 Å². The Morgan fingerprint density at radius 1 is 0.600 bits per heavy atom. The summed E-state index contributed by atoms with van der Waals surface area (Å²) in [6.45, 7) is 0.660. The lowest BCUT2D eigenvalue weighted by molar-refractivity contribution is 0.0682. The summed E-state index contributed by atoms with van der Waals surface area (Å²) >= 11 is 0. The van der Waals surface area contributed by atoms with Crippen molar-refractivity contribution < 1.29 is 38.9 Å². The summed E-state index contributed by atoms with van der Waals surface area (Å²) in [6.07, 6.45) is 0. The van der Waals surface area contributed by atoms with Gasteiger partial charge in [-0.15, -0.1) is 0 Å². The molecule has 0 heterocycles. The summed E-state index contributed by atoms with van der Waals surface area (Å²) in [5.74, 6) is -1.49. The van der Waals surface area contributed by atoms with E-state index in [-0.39, 0.29) is 29.9 Å². The van der Waals surface area contributed by atoms with E-state index in [0.717, 1.165) is 0 Å². The first-order valence-electron chi connectivity index (χ1n) is 12.2. The van der Waals surface area contributed by atoms with Crippen molar-refractivity contribution in [2.24, 2.45) is 0 Å². The minimum Gasteiger partial charge on any atom is -0.490 e. The molecule has 4 aromatic carbocycles. The summed E-state index contributed by atoms with van der Waals surface area (Å²) in [6, 6.07) is 26.4. The van der Waals surface area contributed by atoms with E-state index < -0.39 is 17.8 Å². The zero-order chi connectivity index (χ0) is 28.3. The molecule has 0 fully saturated rings. The molecule has 0 atom stereocenters. The van der Waals surface area contributed by atoms with Gasteiger partial charge in [-0.2, -0.15) is 0 Å². The lowest BCUT2D eigenvalue weighted by atomic mass is 10.1.